The highest BCUT2D eigenvalue weighted by atomic mass is 32.2. The van der Waals surface area contributed by atoms with Crippen molar-refractivity contribution in [2.45, 2.75) is 70.9 Å². The molecule has 0 fully saturated rings. The van der Waals surface area contributed by atoms with Gasteiger partial charge >= 0.3 is 0 Å². The van der Waals surface area contributed by atoms with Crippen LogP contribution in [0.4, 0.5) is 0 Å². The zero-order chi connectivity index (χ0) is 24.5. The summed E-state index contributed by atoms with van der Waals surface area (Å²) >= 11 is 0. The zero-order valence-electron chi connectivity index (χ0n) is 21.1. The Kier molecular flexibility index (Phi) is 10.3. The lowest BCUT2D eigenvalue weighted by molar-refractivity contribution is 0.110. The minimum absolute atomic E-state index is 0.0526. The van der Waals surface area contributed by atoms with Gasteiger partial charge in [-0.15, -0.1) is 0 Å². The fourth-order valence-corrected chi connectivity index (χ4v) is 4.88. The van der Waals surface area contributed by atoms with Gasteiger partial charge in [-0.3, -0.25) is 9.08 Å². The second-order valence-corrected chi connectivity index (χ2v) is 16.7. The molecule has 0 saturated carbocycles. The van der Waals surface area contributed by atoms with E-state index in [-0.39, 0.29) is 17.7 Å². The lowest BCUT2D eigenvalue weighted by atomic mass is 10.1. The molecular formula is C26H41NO4SSi. The summed E-state index contributed by atoms with van der Waals surface area (Å²) in [6, 6.07) is 20.5. The Labute approximate surface area is 202 Å². The fourth-order valence-electron chi connectivity index (χ4n) is 3.39. The van der Waals surface area contributed by atoms with Crippen LogP contribution in [0, 0.1) is 0 Å². The molecular weight excluding hydrogens is 450 g/mol. The van der Waals surface area contributed by atoms with Crippen LogP contribution in [0.5, 0.6) is 0 Å². The van der Waals surface area contributed by atoms with Gasteiger partial charge in [0.2, 0.25) is 0 Å². The number of rotatable bonds is 13. The average molecular weight is 492 g/mol. The summed E-state index contributed by atoms with van der Waals surface area (Å²) in [5.74, 6) is 0. The van der Waals surface area contributed by atoms with E-state index in [2.05, 4.69) is 63.0 Å². The maximum absolute atomic E-state index is 11.8. The van der Waals surface area contributed by atoms with Crippen LogP contribution in [0.25, 0.3) is 0 Å². The van der Waals surface area contributed by atoms with Crippen LogP contribution in [0.2, 0.25) is 18.1 Å². The van der Waals surface area contributed by atoms with Crippen LogP contribution in [0.1, 0.15) is 44.7 Å². The second-order valence-electron chi connectivity index (χ2n) is 10.3. The van der Waals surface area contributed by atoms with Gasteiger partial charge in [0.1, 0.15) is 0 Å². The van der Waals surface area contributed by atoms with Gasteiger partial charge < -0.3 is 4.43 Å². The molecule has 0 heterocycles. The first-order valence-corrected chi connectivity index (χ1v) is 16.4. The number of nitrogens with zero attached hydrogens (tertiary/aromatic N) is 1. The highest BCUT2D eigenvalue weighted by Crippen LogP contribution is 2.36. The SMILES string of the molecule is CC(C)(C)[Si](C)(C)OCCC[C@@H](COS(C)(=O)=O)N(Cc1ccccc1)Cc1ccccc1. The van der Waals surface area contributed by atoms with E-state index in [4.69, 9.17) is 8.61 Å². The van der Waals surface area contributed by atoms with Crippen LogP contribution < -0.4 is 0 Å². The van der Waals surface area contributed by atoms with Gasteiger partial charge in [0.25, 0.3) is 10.1 Å². The summed E-state index contributed by atoms with van der Waals surface area (Å²) in [6.45, 7) is 13.5. The molecule has 7 heteroatoms. The van der Waals surface area contributed by atoms with E-state index in [1.165, 1.54) is 11.1 Å². The predicted octanol–water partition coefficient (Wildman–Crippen LogP) is 5.84. The standard InChI is InChI=1S/C26H41NO4SSi/c1-26(2,3)33(5,6)31-19-13-18-25(22-30-32(4,28)29)27(20-23-14-9-7-10-15-23)21-24-16-11-8-12-17-24/h7-12,14-17,25H,13,18-22H2,1-6H3/t25-/m0/s1. The van der Waals surface area contributed by atoms with Gasteiger partial charge in [-0.2, -0.15) is 8.42 Å². The van der Waals surface area contributed by atoms with E-state index in [1.54, 1.807) is 0 Å². The molecule has 5 nitrogen and oxygen atoms in total. The van der Waals surface area contributed by atoms with Crippen molar-refractivity contribution in [2.75, 3.05) is 19.5 Å². The van der Waals surface area contributed by atoms with Crippen LogP contribution in [-0.4, -0.2) is 47.1 Å². The van der Waals surface area contributed by atoms with Crippen molar-refractivity contribution in [2.24, 2.45) is 0 Å². The van der Waals surface area contributed by atoms with Crippen molar-refractivity contribution >= 4 is 18.4 Å². The molecule has 0 aliphatic carbocycles. The summed E-state index contributed by atoms with van der Waals surface area (Å²) in [4.78, 5) is 2.32. The summed E-state index contributed by atoms with van der Waals surface area (Å²) in [5.41, 5.74) is 2.38. The maximum atomic E-state index is 11.8. The third-order valence-electron chi connectivity index (χ3n) is 6.40. The molecule has 0 bridgehead atoms. The first-order chi connectivity index (χ1) is 15.4. The van der Waals surface area contributed by atoms with Gasteiger partial charge in [0, 0.05) is 25.7 Å². The largest absolute Gasteiger partial charge is 0.417 e. The molecule has 2 aromatic carbocycles. The van der Waals surface area contributed by atoms with Crippen molar-refractivity contribution in [1.82, 2.24) is 4.90 Å². The summed E-state index contributed by atoms with van der Waals surface area (Å²) < 4.78 is 35.2. The molecule has 0 aliphatic heterocycles. The Morgan fingerprint density at radius 1 is 0.909 bits per heavy atom. The van der Waals surface area contributed by atoms with E-state index >= 15 is 0 Å². The minimum atomic E-state index is -3.52. The number of hydrogen-bond acceptors (Lipinski definition) is 5. The molecule has 184 valence electrons. The third kappa shape index (κ3) is 10.1. The Morgan fingerprint density at radius 3 is 1.82 bits per heavy atom. The molecule has 2 aromatic rings. The summed E-state index contributed by atoms with van der Waals surface area (Å²) in [7, 11) is -5.34. The van der Waals surface area contributed by atoms with Crippen molar-refractivity contribution in [1.29, 1.82) is 0 Å². The highest BCUT2D eigenvalue weighted by Gasteiger charge is 2.37. The highest BCUT2D eigenvalue weighted by molar-refractivity contribution is 7.85. The Balaban J connectivity index is 2.16. The number of benzene rings is 2. The first-order valence-electron chi connectivity index (χ1n) is 11.7. The lowest BCUT2D eigenvalue weighted by Gasteiger charge is -2.36. The Hall–Kier alpha value is -1.51. The van der Waals surface area contributed by atoms with Gasteiger partial charge in [0.05, 0.1) is 12.9 Å². The maximum Gasteiger partial charge on any atom is 0.264 e. The van der Waals surface area contributed by atoms with Gasteiger partial charge in [-0.1, -0.05) is 81.4 Å². The molecule has 0 aliphatic rings. The molecule has 0 N–H and O–H groups in total. The summed E-state index contributed by atoms with van der Waals surface area (Å²) in [6.07, 6.45) is 2.76. The van der Waals surface area contributed by atoms with Crippen LogP contribution in [0.3, 0.4) is 0 Å². The van der Waals surface area contributed by atoms with Crippen LogP contribution in [-0.2, 0) is 31.8 Å². The normalized spacial score (nSPS) is 13.9. The monoisotopic (exact) mass is 491 g/mol. The second kappa shape index (κ2) is 12.3. The molecule has 0 radical (unpaired) electrons. The molecule has 0 amide bonds. The smallest absolute Gasteiger partial charge is 0.264 e. The predicted molar refractivity (Wildman–Crippen MR) is 139 cm³/mol. The zero-order valence-corrected chi connectivity index (χ0v) is 22.9. The van der Waals surface area contributed by atoms with E-state index in [1.807, 2.05) is 36.4 Å². The van der Waals surface area contributed by atoms with Gasteiger partial charge in [-0.05, 0) is 42.1 Å². The van der Waals surface area contributed by atoms with Gasteiger partial charge in [-0.25, -0.2) is 0 Å². The fraction of sp³-hybridized carbons (Fsp3) is 0.538. The first kappa shape index (κ1) is 27.7. The van der Waals surface area contributed by atoms with E-state index in [0.717, 1.165) is 32.2 Å². The lowest BCUT2D eigenvalue weighted by Crippen LogP contribution is -2.41. The topological polar surface area (TPSA) is 55.8 Å². The minimum Gasteiger partial charge on any atom is -0.417 e. The molecule has 33 heavy (non-hydrogen) atoms. The summed E-state index contributed by atoms with van der Waals surface area (Å²) in [5, 5.41) is 0.165. The molecule has 0 spiro atoms. The molecule has 0 aromatic heterocycles. The number of hydrogen-bond donors (Lipinski definition) is 0. The Bertz CT molecular complexity index is 886. The Morgan fingerprint density at radius 2 is 1.39 bits per heavy atom. The van der Waals surface area contributed by atoms with Crippen LogP contribution >= 0.6 is 0 Å². The van der Waals surface area contributed by atoms with Crippen LogP contribution in [0.15, 0.2) is 60.7 Å². The van der Waals surface area contributed by atoms with Crippen molar-refractivity contribution < 1.29 is 17.0 Å². The quantitative estimate of drug-likeness (QED) is 0.200. The van der Waals surface area contributed by atoms with Gasteiger partial charge in [0.15, 0.2) is 8.32 Å². The molecule has 0 saturated heterocycles. The molecule has 0 unspecified atom stereocenters. The van der Waals surface area contributed by atoms with E-state index in [9.17, 15) is 8.42 Å². The van der Waals surface area contributed by atoms with Crippen molar-refractivity contribution in [3.63, 3.8) is 0 Å². The van der Waals surface area contributed by atoms with Crippen molar-refractivity contribution in [3.8, 4) is 0 Å². The average Bonchev–Trinajstić information content (AvgIpc) is 2.73. The third-order valence-corrected chi connectivity index (χ3v) is 11.5. The van der Waals surface area contributed by atoms with Crippen molar-refractivity contribution in [3.05, 3.63) is 71.8 Å². The molecule has 1 atom stereocenters. The van der Waals surface area contributed by atoms with E-state index < -0.39 is 18.4 Å². The molecule has 2 rings (SSSR count). The van der Waals surface area contributed by atoms with E-state index in [0.29, 0.717) is 6.61 Å².